The van der Waals surface area contributed by atoms with Gasteiger partial charge in [0.25, 0.3) is 0 Å². The van der Waals surface area contributed by atoms with Gasteiger partial charge in [-0.2, -0.15) is 0 Å². The molecule has 2 heterocycles. The van der Waals surface area contributed by atoms with Crippen molar-refractivity contribution in [3.8, 4) is 0 Å². The third kappa shape index (κ3) is 3.83. The van der Waals surface area contributed by atoms with Gasteiger partial charge in [0.15, 0.2) is 0 Å². The van der Waals surface area contributed by atoms with E-state index >= 15 is 0 Å². The van der Waals surface area contributed by atoms with Gasteiger partial charge in [-0.25, -0.2) is 0 Å². The molecule has 1 unspecified atom stereocenters. The fourth-order valence-electron chi connectivity index (χ4n) is 2.10. The molecule has 0 saturated carbocycles. The van der Waals surface area contributed by atoms with Gasteiger partial charge in [0.2, 0.25) is 0 Å². The minimum absolute atomic E-state index is 0.473. The molecule has 4 nitrogen and oxygen atoms in total. The second kappa shape index (κ2) is 6.36. The summed E-state index contributed by atoms with van der Waals surface area (Å²) in [6.07, 6.45) is 0. The predicted octanol–water partition coefficient (Wildman–Crippen LogP) is 2.00. The quantitative estimate of drug-likeness (QED) is 0.870. The van der Waals surface area contributed by atoms with Crippen molar-refractivity contribution in [2.75, 3.05) is 19.8 Å². The van der Waals surface area contributed by atoms with E-state index in [0.717, 1.165) is 44.4 Å². The van der Waals surface area contributed by atoms with Crippen LogP contribution in [0.25, 0.3) is 0 Å². The Morgan fingerprint density at radius 1 is 1.39 bits per heavy atom. The maximum absolute atomic E-state index is 5.84. The molecule has 0 aromatic carbocycles. The standard InChI is InChI=1S/C14H24N2O2/c1-11(2)15-8-13-4-5-14(18-13)9-16-6-7-17-10-12(16)3/h4-5,11-12,15H,6-10H2,1-3H3. The van der Waals surface area contributed by atoms with Crippen LogP contribution in [0.15, 0.2) is 16.5 Å². The number of rotatable bonds is 5. The van der Waals surface area contributed by atoms with E-state index in [-0.39, 0.29) is 0 Å². The highest BCUT2D eigenvalue weighted by Gasteiger charge is 2.19. The third-order valence-corrected chi connectivity index (χ3v) is 3.27. The Hall–Kier alpha value is -0.840. The molecule has 102 valence electrons. The van der Waals surface area contributed by atoms with Crippen molar-refractivity contribution < 1.29 is 9.15 Å². The number of hydrogen-bond donors (Lipinski definition) is 1. The van der Waals surface area contributed by atoms with Gasteiger partial charge in [-0.1, -0.05) is 13.8 Å². The lowest BCUT2D eigenvalue weighted by Crippen LogP contribution is -2.42. The summed E-state index contributed by atoms with van der Waals surface area (Å²) < 4.78 is 11.3. The molecule has 1 N–H and O–H groups in total. The second-order valence-electron chi connectivity index (χ2n) is 5.30. The fraction of sp³-hybridized carbons (Fsp3) is 0.714. The SMILES string of the molecule is CC(C)NCc1ccc(CN2CCOCC2C)o1. The Bertz CT molecular complexity index is 362. The van der Waals surface area contributed by atoms with Crippen LogP contribution in [0.3, 0.4) is 0 Å². The fourth-order valence-corrected chi connectivity index (χ4v) is 2.10. The molecule has 0 aliphatic carbocycles. The minimum Gasteiger partial charge on any atom is -0.463 e. The molecule has 1 aliphatic rings. The summed E-state index contributed by atoms with van der Waals surface area (Å²) in [5, 5.41) is 3.36. The summed E-state index contributed by atoms with van der Waals surface area (Å²) in [4.78, 5) is 2.40. The Kier molecular flexibility index (Phi) is 4.80. The van der Waals surface area contributed by atoms with Gasteiger partial charge in [0, 0.05) is 18.6 Å². The number of nitrogens with zero attached hydrogens (tertiary/aromatic N) is 1. The van der Waals surface area contributed by atoms with Crippen molar-refractivity contribution in [2.24, 2.45) is 0 Å². The topological polar surface area (TPSA) is 37.6 Å². The summed E-state index contributed by atoms with van der Waals surface area (Å²) in [6.45, 7) is 10.8. The number of ether oxygens (including phenoxy) is 1. The molecule has 18 heavy (non-hydrogen) atoms. The van der Waals surface area contributed by atoms with Gasteiger partial charge in [0.1, 0.15) is 11.5 Å². The molecule has 0 amide bonds. The lowest BCUT2D eigenvalue weighted by Gasteiger charge is -2.32. The molecule has 2 rings (SSSR count). The average Bonchev–Trinajstić information content (AvgIpc) is 2.77. The number of nitrogens with one attached hydrogen (secondary N) is 1. The molecule has 1 aromatic rings. The zero-order valence-corrected chi connectivity index (χ0v) is 11.6. The zero-order valence-electron chi connectivity index (χ0n) is 11.6. The van der Waals surface area contributed by atoms with Crippen LogP contribution in [0.4, 0.5) is 0 Å². The highest BCUT2D eigenvalue weighted by molar-refractivity contribution is 5.07. The number of morpholine rings is 1. The number of hydrogen-bond acceptors (Lipinski definition) is 4. The first-order chi connectivity index (χ1) is 8.65. The molecule has 1 fully saturated rings. The zero-order chi connectivity index (χ0) is 13.0. The maximum atomic E-state index is 5.84. The van der Waals surface area contributed by atoms with E-state index in [9.17, 15) is 0 Å². The van der Waals surface area contributed by atoms with Crippen LogP contribution < -0.4 is 5.32 Å². The van der Waals surface area contributed by atoms with Gasteiger partial charge in [0.05, 0.1) is 26.3 Å². The average molecular weight is 252 g/mol. The number of furan rings is 1. The summed E-state index contributed by atoms with van der Waals surface area (Å²) in [7, 11) is 0. The molecule has 0 radical (unpaired) electrons. The molecule has 1 aromatic heterocycles. The van der Waals surface area contributed by atoms with Crippen molar-refractivity contribution in [2.45, 2.75) is 45.9 Å². The van der Waals surface area contributed by atoms with Gasteiger partial charge >= 0.3 is 0 Å². The maximum Gasteiger partial charge on any atom is 0.118 e. The molecular formula is C14H24N2O2. The lowest BCUT2D eigenvalue weighted by atomic mass is 10.2. The molecule has 4 heteroatoms. The first kappa shape index (κ1) is 13.6. The van der Waals surface area contributed by atoms with Crippen LogP contribution in [-0.4, -0.2) is 36.7 Å². The van der Waals surface area contributed by atoms with E-state index in [1.54, 1.807) is 0 Å². The highest BCUT2D eigenvalue weighted by atomic mass is 16.5. The molecular weight excluding hydrogens is 228 g/mol. The van der Waals surface area contributed by atoms with Crippen molar-refractivity contribution in [3.63, 3.8) is 0 Å². The summed E-state index contributed by atoms with van der Waals surface area (Å²) >= 11 is 0. The van der Waals surface area contributed by atoms with Crippen molar-refractivity contribution >= 4 is 0 Å². The third-order valence-electron chi connectivity index (χ3n) is 3.27. The van der Waals surface area contributed by atoms with E-state index < -0.39 is 0 Å². The smallest absolute Gasteiger partial charge is 0.118 e. The second-order valence-corrected chi connectivity index (χ2v) is 5.30. The minimum atomic E-state index is 0.473. The van der Waals surface area contributed by atoms with E-state index in [0.29, 0.717) is 12.1 Å². The van der Waals surface area contributed by atoms with Crippen LogP contribution in [0.5, 0.6) is 0 Å². The first-order valence-electron chi connectivity index (χ1n) is 6.78. The van der Waals surface area contributed by atoms with E-state index in [2.05, 4.69) is 43.1 Å². The van der Waals surface area contributed by atoms with Crippen LogP contribution in [-0.2, 0) is 17.8 Å². The Morgan fingerprint density at radius 2 is 2.17 bits per heavy atom. The van der Waals surface area contributed by atoms with Gasteiger partial charge in [-0.05, 0) is 19.1 Å². The molecule has 1 atom stereocenters. The van der Waals surface area contributed by atoms with Crippen LogP contribution in [0.1, 0.15) is 32.3 Å². The van der Waals surface area contributed by atoms with Gasteiger partial charge in [-0.15, -0.1) is 0 Å². The largest absolute Gasteiger partial charge is 0.463 e. The summed E-state index contributed by atoms with van der Waals surface area (Å²) in [5.41, 5.74) is 0. The van der Waals surface area contributed by atoms with Crippen molar-refractivity contribution in [3.05, 3.63) is 23.7 Å². The van der Waals surface area contributed by atoms with E-state index in [4.69, 9.17) is 9.15 Å². The van der Waals surface area contributed by atoms with Crippen molar-refractivity contribution in [1.82, 2.24) is 10.2 Å². The molecule has 0 bridgehead atoms. The van der Waals surface area contributed by atoms with Crippen LogP contribution in [0, 0.1) is 0 Å². The normalized spacial score (nSPS) is 21.7. The van der Waals surface area contributed by atoms with E-state index in [1.165, 1.54) is 0 Å². The molecule has 1 aliphatic heterocycles. The molecule has 0 spiro atoms. The Labute approximate surface area is 109 Å². The Balaban J connectivity index is 1.85. The predicted molar refractivity (Wildman–Crippen MR) is 71.4 cm³/mol. The van der Waals surface area contributed by atoms with Crippen LogP contribution in [0.2, 0.25) is 0 Å². The Morgan fingerprint density at radius 3 is 2.89 bits per heavy atom. The van der Waals surface area contributed by atoms with Gasteiger partial charge < -0.3 is 14.5 Å². The van der Waals surface area contributed by atoms with Crippen LogP contribution >= 0.6 is 0 Å². The highest BCUT2D eigenvalue weighted by Crippen LogP contribution is 2.14. The first-order valence-corrected chi connectivity index (χ1v) is 6.78. The lowest BCUT2D eigenvalue weighted by molar-refractivity contribution is -0.00722. The van der Waals surface area contributed by atoms with Gasteiger partial charge in [-0.3, -0.25) is 4.90 Å². The summed E-state index contributed by atoms with van der Waals surface area (Å²) in [5.74, 6) is 2.06. The summed E-state index contributed by atoms with van der Waals surface area (Å²) in [6, 6.07) is 5.11. The molecule has 1 saturated heterocycles. The monoisotopic (exact) mass is 252 g/mol. The van der Waals surface area contributed by atoms with E-state index in [1.807, 2.05) is 0 Å². The van der Waals surface area contributed by atoms with Crippen molar-refractivity contribution in [1.29, 1.82) is 0 Å².